The van der Waals surface area contributed by atoms with E-state index in [0.717, 1.165) is 15.9 Å². The zero-order valence-electron chi connectivity index (χ0n) is 12.1. The molecule has 0 aromatic heterocycles. The zero-order valence-corrected chi connectivity index (χ0v) is 13.7. The molecule has 0 N–H and O–H groups in total. The van der Waals surface area contributed by atoms with Crippen molar-refractivity contribution in [3.8, 4) is 0 Å². The normalized spacial score (nSPS) is 10.8. The Bertz CT molecular complexity index is 590. The van der Waals surface area contributed by atoms with Gasteiger partial charge in [-0.25, -0.2) is 4.39 Å². The second kappa shape index (κ2) is 7.54. The van der Waals surface area contributed by atoms with E-state index >= 15 is 0 Å². The molecule has 0 unspecified atom stereocenters. The molecule has 0 amide bonds. The summed E-state index contributed by atoms with van der Waals surface area (Å²) in [6.45, 7) is 0. The van der Waals surface area contributed by atoms with Crippen LogP contribution in [0.25, 0.3) is 0 Å². The topological polar surface area (TPSA) is 0 Å². The second-order valence-corrected chi connectivity index (χ2v) is 8.34. The van der Waals surface area contributed by atoms with Crippen molar-refractivity contribution in [2.24, 2.45) is 0 Å². The van der Waals surface area contributed by atoms with Crippen molar-refractivity contribution in [3.05, 3.63) is 91.0 Å². The van der Waals surface area contributed by atoms with E-state index in [1.165, 1.54) is 0 Å². The summed E-state index contributed by atoms with van der Waals surface area (Å²) < 4.78 is 14.4. The van der Waals surface area contributed by atoms with Crippen LogP contribution in [0.2, 0.25) is 0 Å². The standard InChI is InChI=1S/C19H17FP.ClH/c20-16-21(17-10-4-1-5-11-17,18-12-6-2-7-13-18)19-14-8-3-9-15-19;/h1-15H,16H2;1H/q+1;/p-1. The Morgan fingerprint density at radius 3 is 1.05 bits per heavy atom. The van der Waals surface area contributed by atoms with Crippen molar-refractivity contribution in [1.29, 1.82) is 0 Å². The molecule has 0 heterocycles. The summed E-state index contributed by atoms with van der Waals surface area (Å²) in [7, 11) is -2.20. The molecule has 0 aliphatic carbocycles. The van der Waals surface area contributed by atoms with E-state index in [9.17, 15) is 4.39 Å². The molecule has 0 spiro atoms. The number of alkyl halides is 1. The molecule has 3 aromatic carbocycles. The first-order valence-electron chi connectivity index (χ1n) is 6.99. The molecule has 112 valence electrons. The van der Waals surface area contributed by atoms with Crippen molar-refractivity contribution in [2.75, 3.05) is 6.42 Å². The summed E-state index contributed by atoms with van der Waals surface area (Å²) in [6.07, 6.45) is -0.356. The van der Waals surface area contributed by atoms with Gasteiger partial charge < -0.3 is 12.4 Å². The van der Waals surface area contributed by atoms with Gasteiger partial charge in [0, 0.05) is 0 Å². The fraction of sp³-hybridized carbons (Fsp3) is 0.0526. The molecule has 0 radical (unpaired) electrons. The van der Waals surface area contributed by atoms with Gasteiger partial charge in [0.2, 0.25) is 6.42 Å². The van der Waals surface area contributed by atoms with Gasteiger partial charge in [-0.15, -0.1) is 0 Å². The molecule has 3 aromatic rings. The highest BCUT2D eigenvalue weighted by Gasteiger charge is 2.45. The van der Waals surface area contributed by atoms with Gasteiger partial charge in [-0.05, 0) is 36.4 Å². The maximum atomic E-state index is 14.4. The first-order chi connectivity index (χ1) is 10.4. The third kappa shape index (κ3) is 2.92. The summed E-state index contributed by atoms with van der Waals surface area (Å²) in [5.41, 5.74) is 0. The Balaban J connectivity index is 0.00000176. The quantitative estimate of drug-likeness (QED) is 0.624. The highest BCUT2D eigenvalue weighted by atomic mass is 35.5. The van der Waals surface area contributed by atoms with E-state index in [1.54, 1.807) is 0 Å². The van der Waals surface area contributed by atoms with Gasteiger partial charge in [-0.3, -0.25) is 0 Å². The summed E-state index contributed by atoms with van der Waals surface area (Å²) in [5, 5.41) is 3.26. The van der Waals surface area contributed by atoms with E-state index in [1.807, 2.05) is 91.0 Å². The SMILES string of the molecule is FC[P+](c1ccccc1)(c1ccccc1)c1ccccc1.[Cl-]. The molecule has 0 aliphatic heterocycles. The van der Waals surface area contributed by atoms with Gasteiger partial charge >= 0.3 is 0 Å². The first-order valence-corrected chi connectivity index (χ1v) is 8.96. The van der Waals surface area contributed by atoms with Gasteiger partial charge in [0.15, 0.2) is 0 Å². The van der Waals surface area contributed by atoms with Crippen LogP contribution in [0.1, 0.15) is 0 Å². The van der Waals surface area contributed by atoms with Crippen LogP contribution in [-0.4, -0.2) is 6.42 Å². The van der Waals surface area contributed by atoms with E-state index in [4.69, 9.17) is 0 Å². The monoisotopic (exact) mass is 330 g/mol. The molecule has 3 rings (SSSR count). The van der Waals surface area contributed by atoms with E-state index in [-0.39, 0.29) is 18.8 Å². The first kappa shape index (κ1) is 16.7. The molecule has 0 saturated carbocycles. The number of rotatable bonds is 4. The van der Waals surface area contributed by atoms with E-state index in [2.05, 4.69) is 0 Å². The number of halogens is 2. The van der Waals surface area contributed by atoms with Crippen LogP contribution in [0.4, 0.5) is 4.39 Å². The average Bonchev–Trinajstić information content (AvgIpc) is 2.59. The molecule has 0 fully saturated rings. The molecule has 0 atom stereocenters. The predicted octanol–water partition coefficient (Wildman–Crippen LogP) is 0.911. The summed E-state index contributed by atoms with van der Waals surface area (Å²) in [4.78, 5) is 0. The lowest BCUT2D eigenvalue weighted by molar-refractivity contribution is -0.00000447. The number of hydrogen-bond donors (Lipinski definition) is 0. The molecule has 3 heteroatoms. The minimum atomic E-state index is -2.20. The van der Waals surface area contributed by atoms with E-state index < -0.39 is 7.26 Å². The lowest BCUT2D eigenvalue weighted by atomic mass is 10.4. The summed E-state index contributed by atoms with van der Waals surface area (Å²) >= 11 is 0. The van der Waals surface area contributed by atoms with Crippen LogP contribution in [0.3, 0.4) is 0 Å². The van der Waals surface area contributed by atoms with Crippen LogP contribution in [-0.2, 0) is 0 Å². The predicted molar refractivity (Wildman–Crippen MR) is 91.1 cm³/mol. The van der Waals surface area contributed by atoms with Crippen molar-refractivity contribution < 1.29 is 16.8 Å². The number of hydrogen-bond acceptors (Lipinski definition) is 0. The lowest BCUT2D eigenvalue weighted by Gasteiger charge is -2.24. The zero-order chi connectivity index (χ0) is 14.5. The molecule has 0 bridgehead atoms. The largest absolute Gasteiger partial charge is 1.00 e. The Morgan fingerprint density at radius 2 is 0.818 bits per heavy atom. The Hall–Kier alpha value is -1.69. The highest BCUT2D eigenvalue weighted by Crippen LogP contribution is 2.55. The molecule has 0 nitrogen and oxygen atoms in total. The maximum absolute atomic E-state index is 14.4. The van der Waals surface area contributed by atoms with Crippen molar-refractivity contribution >= 4 is 23.2 Å². The Labute approximate surface area is 137 Å². The minimum absolute atomic E-state index is 0. The molecule has 22 heavy (non-hydrogen) atoms. The smallest absolute Gasteiger partial charge is 0.210 e. The minimum Gasteiger partial charge on any atom is -1.00 e. The second-order valence-electron chi connectivity index (χ2n) is 4.94. The summed E-state index contributed by atoms with van der Waals surface area (Å²) in [6, 6.07) is 30.2. The highest BCUT2D eigenvalue weighted by molar-refractivity contribution is 7.95. The third-order valence-corrected chi connectivity index (χ3v) is 7.67. The summed E-state index contributed by atoms with van der Waals surface area (Å²) in [5.74, 6) is 0. The van der Waals surface area contributed by atoms with Crippen LogP contribution >= 0.6 is 7.26 Å². The molecule has 0 aliphatic rings. The Kier molecular flexibility index (Phi) is 5.71. The van der Waals surface area contributed by atoms with Gasteiger partial charge in [0.25, 0.3) is 0 Å². The average molecular weight is 331 g/mol. The fourth-order valence-corrected chi connectivity index (χ4v) is 6.05. The van der Waals surface area contributed by atoms with Gasteiger partial charge in [-0.2, -0.15) is 0 Å². The van der Waals surface area contributed by atoms with Crippen LogP contribution < -0.4 is 28.3 Å². The third-order valence-electron chi connectivity index (χ3n) is 3.77. The maximum Gasteiger partial charge on any atom is 0.210 e. The van der Waals surface area contributed by atoms with Gasteiger partial charge in [-0.1, -0.05) is 54.6 Å². The van der Waals surface area contributed by atoms with E-state index in [0.29, 0.717) is 0 Å². The Morgan fingerprint density at radius 1 is 0.545 bits per heavy atom. The lowest BCUT2D eigenvalue weighted by Crippen LogP contribution is -3.00. The van der Waals surface area contributed by atoms with Gasteiger partial charge in [0.05, 0.1) is 0 Å². The molecular formula is C19H17ClFP. The van der Waals surface area contributed by atoms with Crippen molar-refractivity contribution in [1.82, 2.24) is 0 Å². The number of benzene rings is 3. The molecular weight excluding hydrogens is 314 g/mol. The van der Waals surface area contributed by atoms with Gasteiger partial charge in [0.1, 0.15) is 23.2 Å². The van der Waals surface area contributed by atoms with Crippen LogP contribution in [0, 0.1) is 0 Å². The van der Waals surface area contributed by atoms with Crippen LogP contribution in [0.5, 0.6) is 0 Å². The van der Waals surface area contributed by atoms with Crippen LogP contribution in [0.15, 0.2) is 91.0 Å². The molecule has 0 saturated heterocycles. The van der Waals surface area contributed by atoms with Crippen molar-refractivity contribution in [2.45, 2.75) is 0 Å². The van der Waals surface area contributed by atoms with Crippen molar-refractivity contribution in [3.63, 3.8) is 0 Å². The fourth-order valence-electron chi connectivity index (χ4n) is 2.70.